The van der Waals surface area contributed by atoms with Crippen molar-refractivity contribution in [3.8, 4) is 0 Å². The topological polar surface area (TPSA) is 24.9 Å². The summed E-state index contributed by atoms with van der Waals surface area (Å²) in [5, 5.41) is 3.70. The number of hydrogen-bond donors (Lipinski definition) is 1. The van der Waals surface area contributed by atoms with E-state index < -0.39 is 0 Å². The van der Waals surface area contributed by atoms with Gasteiger partial charge in [0.25, 0.3) is 0 Å². The molecule has 1 heterocycles. The highest BCUT2D eigenvalue weighted by Crippen LogP contribution is 2.15. The number of nitrogens with zero attached hydrogens (tertiary/aromatic N) is 1. The van der Waals surface area contributed by atoms with Gasteiger partial charge in [0.15, 0.2) is 0 Å². The maximum atomic E-state index is 13.2. The zero-order chi connectivity index (χ0) is 13.0. The maximum Gasteiger partial charge on any atom is 0.125 e. The van der Waals surface area contributed by atoms with Crippen LogP contribution in [0.3, 0.4) is 0 Å². The second kappa shape index (κ2) is 5.94. The Hall–Kier alpha value is -1.45. The van der Waals surface area contributed by atoms with E-state index in [0.29, 0.717) is 11.6 Å². The molecule has 1 N–H and O–H groups in total. The highest BCUT2D eigenvalue weighted by molar-refractivity contribution is 6.30. The molecule has 0 saturated heterocycles. The minimum Gasteiger partial charge on any atom is -0.305 e. The predicted molar refractivity (Wildman–Crippen MR) is 70.9 cm³/mol. The monoisotopic (exact) mass is 264 g/mol. The van der Waals surface area contributed by atoms with Crippen LogP contribution in [0.1, 0.15) is 24.2 Å². The third-order valence-electron chi connectivity index (χ3n) is 2.67. The Balaban J connectivity index is 1.99. The van der Waals surface area contributed by atoms with E-state index in [-0.39, 0.29) is 11.9 Å². The Morgan fingerprint density at radius 2 is 2.17 bits per heavy atom. The van der Waals surface area contributed by atoms with Crippen molar-refractivity contribution in [2.24, 2.45) is 0 Å². The fourth-order valence-electron chi connectivity index (χ4n) is 1.72. The third-order valence-corrected chi connectivity index (χ3v) is 2.88. The molecular formula is C14H14ClFN2. The number of halogens is 2. The molecule has 0 aliphatic carbocycles. The van der Waals surface area contributed by atoms with Crippen LogP contribution in [-0.2, 0) is 6.54 Å². The lowest BCUT2D eigenvalue weighted by Gasteiger charge is -2.13. The van der Waals surface area contributed by atoms with Crippen molar-refractivity contribution in [3.63, 3.8) is 0 Å². The van der Waals surface area contributed by atoms with Crippen molar-refractivity contribution < 1.29 is 4.39 Å². The molecule has 0 fully saturated rings. The van der Waals surface area contributed by atoms with Gasteiger partial charge in [0, 0.05) is 23.8 Å². The smallest absolute Gasteiger partial charge is 0.125 e. The zero-order valence-corrected chi connectivity index (χ0v) is 10.8. The van der Waals surface area contributed by atoms with Gasteiger partial charge in [-0.15, -0.1) is 0 Å². The quantitative estimate of drug-likeness (QED) is 0.910. The summed E-state index contributed by atoms with van der Waals surface area (Å²) in [5.41, 5.74) is 1.78. The van der Waals surface area contributed by atoms with Crippen LogP contribution in [0.25, 0.3) is 0 Å². The van der Waals surface area contributed by atoms with Crippen LogP contribution in [-0.4, -0.2) is 4.98 Å². The number of benzene rings is 1. The molecule has 2 nitrogen and oxygen atoms in total. The molecule has 2 aromatic rings. The van der Waals surface area contributed by atoms with Crippen molar-refractivity contribution in [3.05, 3.63) is 64.7 Å². The van der Waals surface area contributed by atoms with Crippen LogP contribution < -0.4 is 5.32 Å². The molecule has 18 heavy (non-hydrogen) atoms. The summed E-state index contributed by atoms with van der Waals surface area (Å²) in [4.78, 5) is 4.26. The lowest BCUT2D eigenvalue weighted by Crippen LogP contribution is -2.19. The molecule has 1 unspecified atom stereocenters. The first-order valence-corrected chi connectivity index (χ1v) is 6.12. The minimum atomic E-state index is -0.315. The van der Waals surface area contributed by atoms with Crippen LogP contribution in [0.5, 0.6) is 0 Å². The second-order valence-corrected chi connectivity index (χ2v) is 4.57. The van der Waals surface area contributed by atoms with Crippen molar-refractivity contribution in [1.82, 2.24) is 10.3 Å². The van der Waals surface area contributed by atoms with Crippen LogP contribution in [0.2, 0.25) is 5.02 Å². The SMILES string of the molecule is CC(NCc1cc(F)cc(Cl)c1)c1ccccn1. The standard InChI is InChI=1S/C14H14ClFN2/c1-10(14-4-2-3-5-17-14)18-9-11-6-12(15)8-13(16)7-11/h2-8,10,18H,9H2,1H3. The summed E-state index contributed by atoms with van der Waals surface area (Å²) in [6.07, 6.45) is 1.76. The minimum absolute atomic E-state index is 0.105. The predicted octanol–water partition coefficient (Wildman–Crippen LogP) is 3.72. The molecule has 0 spiro atoms. The number of aromatic nitrogens is 1. The van der Waals surface area contributed by atoms with Gasteiger partial charge in [0.1, 0.15) is 5.82 Å². The lowest BCUT2D eigenvalue weighted by molar-refractivity contribution is 0.557. The highest BCUT2D eigenvalue weighted by Gasteiger charge is 2.06. The fourth-order valence-corrected chi connectivity index (χ4v) is 1.97. The molecule has 2 rings (SSSR count). The van der Waals surface area contributed by atoms with E-state index in [4.69, 9.17) is 11.6 Å². The summed E-state index contributed by atoms with van der Waals surface area (Å²) < 4.78 is 13.2. The van der Waals surface area contributed by atoms with E-state index in [9.17, 15) is 4.39 Å². The van der Waals surface area contributed by atoms with Crippen molar-refractivity contribution in [2.75, 3.05) is 0 Å². The molecule has 0 radical (unpaired) electrons. The summed E-state index contributed by atoms with van der Waals surface area (Å²) in [6, 6.07) is 10.4. The average molecular weight is 265 g/mol. The van der Waals surface area contributed by atoms with Crippen LogP contribution >= 0.6 is 11.6 Å². The molecule has 1 aromatic carbocycles. The van der Waals surface area contributed by atoms with E-state index in [2.05, 4.69) is 10.3 Å². The van der Waals surface area contributed by atoms with Gasteiger partial charge < -0.3 is 5.32 Å². The van der Waals surface area contributed by atoms with Crippen molar-refractivity contribution in [1.29, 1.82) is 0 Å². The Morgan fingerprint density at radius 1 is 1.33 bits per heavy atom. The van der Waals surface area contributed by atoms with Crippen molar-refractivity contribution in [2.45, 2.75) is 19.5 Å². The fraction of sp³-hybridized carbons (Fsp3) is 0.214. The summed E-state index contributed by atoms with van der Waals surface area (Å²) >= 11 is 5.80. The molecule has 0 saturated carbocycles. The molecule has 0 amide bonds. The van der Waals surface area contributed by atoms with Crippen LogP contribution in [0, 0.1) is 5.82 Å². The van der Waals surface area contributed by atoms with Gasteiger partial charge in [-0.25, -0.2) is 4.39 Å². The Morgan fingerprint density at radius 3 is 2.83 bits per heavy atom. The van der Waals surface area contributed by atoms with Gasteiger partial charge in [-0.1, -0.05) is 17.7 Å². The molecule has 1 aromatic heterocycles. The summed E-state index contributed by atoms with van der Waals surface area (Å²) in [7, 11) is 0. The first kappa shape index (κ1) is 13.0. The van der Waals surface area contributed by atoms with Gasteiger partial charge in [0.2, 0.25) is 0 Å². The molecule has 0 aliphatic heterocycles. The third kappa shape index (κ3) is 3.52. The molecule has 4 heteroatoms. The second-order valence-electron chi connectivity index (χ2n) is 4.13. The van der Waals surface area contributed by atoms with Crippen LogP contribution in [0.4, 0.5) is 4.39 Å². The summed E-state index contributed by atoms with van der Waals surface area (Å²) in [5.74, 6) is -0.315. The Kier molecular flexibility index (Phi) is 4.28. The van der Waals surface area contributed by atoms with E-state index in [0.717, 1.165) is 11.3 Å². The lowest BCUT2D eigenvalue weighted by atomic mass is 10.1. The van der Waals surface area contributed by atoms with E-state index in [1.54, 1.807) is 12.3 Å². The average Bonchev–Trinajstić information content (AvgIpc) is 2.36. The van der Waals surface area contributed by atoms with E-state index in [1.165, 1.54) is 12.1 Å². The first-order chi connectivity index (χ1) is 8.65. The van der Waals surface area contributed by atoms with Gasteiger partial charge in [-0.2, -0.15) is 0 Å². The van der Waals surface area contributed by atoms with Gasteiger partial charge in [0.05, 0.1) is 5.69 Å². The molecule has 1 atom stereocenters. The molecule has 0 aliphatic rings. The van der Waals surface area contributed by atoms with Gasteiger partial charge in [-0.3, -0.25) is 4.98 Å². The van der Waals surface area contributed by atoms with E-state index >= 15 is 0 Å². The number of pyridine rings is 1. The normalized spacial score (nSPS) is 12.4. The number of nitrogens with one attached hydrogen (secondary N) is 1. The summed E-state index contributed by atoms with van der Waals surface area (Å²) in [6.45, 7) is 2.57. The van der Waals surface area contributed by atoms with Gasteiger partial charge >= 0.3 is 0 Å². The highest BCUT2D eigenvalue weighted by atomic mass is 35.5. The van der Waals surface area contributed by atoms with Crippen LogP contribution in [0.15, 0.2) is 42.6 Å². The number of hydrogen-bond acceptors (Lipinski definition) is 2. The molecule has 94 valence electrons. The molecular weight excluding hydrogens is 251 g/mol. The zero-order valence-electron chi connectivity index (χ0n) is 10.0. The van der Waals surface area contributed by atoms with Crippen molar-refractivity contribution >= 4 is 11.6 Å². The molecule has 0 bridgehead atoms. The Bertz CT molecular complexity index is 496. The first-order valence-electron chi connectivity index (χ1n) is 5.74. The maximum absolute atomic E-state index is 13.2. The van der Waals surface area contributed by atoms with Gasteiger partial charge in [-0.05, 0) is 42.8 Å². The largest absolute Gasteiger partial charge is 0.305 e. The van der Waals surface area contributed by atoms with E-state index in [1.807, 2.05) is 25.1 Å². The Labute approximate surface area is 111 Å². The number of rotatable bonds is 4.